The molecule has 2 rings (SSSR count). The number of hydrogen-bond acceptors (Lipinski definition) is 6. The minimum Gasteiger partial charge on any atom is -0.493 e. The third-order valence-corrected chi connectivity index (χ3v) is 7.66. The van der Waals surface area contributed by atoms with Crippen molar-refractivity contribution >= 4 is 17.7 Å². The van der Waals surface area contributed by atoms with E-state index in [1.54, 1.807) is 14.2 Å². The number of carbonyl (C=O) groups is 1. The standard InChI is InChI=1S/C31H47ClN2O5/c1-21(2)24(17-23-11-14-28(38-7)29(18-23)39-16-8-15-37-6)19-26(33)27(35)20-34(32)30(36)31(4,5)25-12-9-22(3)10-13-25/h9-14,18,21,24,26-27,35H,8,15-17,19-20,33H2,1-7H3/t24-,26-,27-/m0/s1. The lowest BCUT2D eigenvalue weighted by molar-refractivity contribution is -0.132. The Bertz CT molecular complexity index is 1030. The molecule has 0 bridgehead atoms. The molecule has 3 N–H and O–H groups in total. The zero-order valence-electron chi connectivity index (χ0n) is 24.6. The number of nitrogens with zero attached hydrogens (tertiary/aromatic N) is 1. The monoisotopic (exact) mass is 562 g/mol. The summed E-state index contributed by atoms with van der Waals surface area (Å²) >= 11 is 6.41. The van der Waals surface area contributed by atoms with Crippen LogP contribution in [-0.4, -0.2) is 61.6 Å². The summed E-state index contributed by atoms with van der Waals surface area (Å²) in [5, 5.41) is 10.9. The molecule has 3 atom stereocenters. The molecule has 2 aromatic rings. The number of aliphatic hydroxyl groups is 1. The van der Waals surface area contributed by atoms with E-state index in [9.17, 15) is 9.90 Å². The molecule has 1 amide bonds. The highest BCUT2D eigenvalue weighted by Crippen LogP contribution is 2.32. The number of amides is 1. The van der Waals surface area contributed by atoms with Gasteiger partial charge in [0.1, 0.15) is 0 Å². The van der Waals surface area contributed by atoms with Gasteiger partial charge in [-0.2, -0.15) is 0 Å². The zero-order valence-corrected chi connectivity index (χ0v) is 25.3. The molecule has 0 saturated carbocycles. The van der Waals surface area contributed by atoms with Crippen LogP contribution in [0.1, 0.15) is 57.2 Å². The lowest BCUT2D eigenvalue weighted by Crippen LogP contribution is -2.47. The van der Waals surface area contributed by atoms with Gasteiger partial charge in [-0.1, -0.05) is 49.7 Å². The van der Waals surface area contributed by atoms with E-state index in [1.807, 2.05) is 63.2 Å². The summed E-state index contributed by atoms with van der Waals surface area (Å²) in [6, 6.07) is 13.2. The fourth-order valence-electron chi connectivity index (χ4n) is 4.53. The molecule has 0 aliphatic rings. The average molecular weight is 563 g/mol. The summed E-state index contributed by atoms with van der Waals surface area (Å²) in [5.41, 5.74) is 8.71. The lowest BCUT2D eigenvalue weighted by Gasteiger charge is -2.32. The van der Waals surface area contributed by atoms with Gasteiger partial charge >= 0.3 is 0 Å². The molecule has 0 aliphatic carbocycles. The quantitative estimate of drug-likeness (QED) is 0.214. The van der Waals surface area contributed by atoms with Crippen molar-refractivity contribution in [1.29, 1.82) is 0 Å². The molecule has 0 spiro atoms. The van der Waals surface area contributed by atoms with Crippen LogP contribution in [0.3, 0.4) is 0 Å². The van der Waals surface area contributed by atoms with E-state index in [-0.39, 0.29) is 18.4 Å². The third kappa shape index (κ3) is 9.67. The Labute approximate surface area is 239 Å². The van der Waals surface area contributed by atoms with Crippen molar-refractivity contribution in [1.82, 2.24) is 4.42 Å². The highest BCUT2D eigenvalue weighted by atomic mass is 35.5. The van der Waals surface area contributed by atoms with Gasteiger partial charge in [-0.05, 0) is 68.7 Å². The first kappa shape index (κ1) is 32.9. The molecule has 218 valence electrons. The highest BCUT2D eigenvalue weighted by Gasteiger charge is 2.35. The second-order valence-corrected chi connectivity index (χ2v) is 11.6. The normalized spacial score (nSPS) is 14.1. The van der Waals surface area contributed by atoms with Crippen LogP contribution in [0.4, 0.5) is 0 Å². The van der Waals surface area contributed by atoms with Gasteiger partial charge in [0.05, 0.1) is 31.8 Å². The molecule has 7 nitrogen and oxygen atoms in total. The number of aryl methyl sites for hydroxylation is 1. The van der Waals surface area contributed by atoms with Crippen molar-refractivity contribution in [3.63, 3.8) is 0 Å². The molecular formula is C31H47ClN2O5. The van der Waals surface area contributed by atoms with Gasteiger partial charge in [-0.25, -0.2) is 0 Å². The van der Waals surface area contributed by atoms with E-state index < -0.39 is 17.6 Å². The average Bonchev–Trinajstić information content (AvgIpc) is 2.90. The van der Waals surface area contributed by atoms with Crippen LogP contribution in [0.5, 0.6) is 11.5 Å². The van der Waals surface area contributed by atoms with Gasteiger partial charge in [0.25, 0.3) is 0 Å². The molecular weight excluding hydrogens is 516 g/mol. The van der Waals surface area contributed by atoms with Crippen LogP contribution < -0.4 is 15.2 Å². The van der Waals surface area contributed by atoms with E-state index >= 15 is 0 Å². The predicted octanol–water partition coefficient (Wildman–Crippen LogP) is 5.27. The maximum Gasteiger partial charge on any atom is 0.247 e. The van der Waals surface area contributed by atoms with E-state index in [1.165, 1.54) is 0 Å². The maximum absolute atomic E-state index is 13.2. The molecule has 2 aromatic carbocycles. The molecule has 0 heterocycles. The van der Waals surface area contributed by atoms with Crippen LogP contribution in [0.25, 0.3) is 0 Å². The lowest BCUT2D eigenvalue weighted by atomic mass is 9.82. The third-order valence-electron chi connectivity index (χ3n) is 7.36. The number of ether oxygens (including phenoxy) is 3. The number of benzene rings is 2. The van der Waals surface area contributed by atoms with E-state index in [0.29, 0.717) is 37.1 Å². The largest absolute Gasteiger partial charge is 0.493 e. The van der Waals surface area contributed by atoms with Crippen LogP contribution in [0.2, 0.25) is 0 Å². The number of halogens is 1. The summed E-state index contributed by atoms with van der Waals surface area (Å²) in [4.78, 5) is 13.2. The van der Waals surface area contributed by atoms with Crippen LogP contribution in [-0.2, 0) is 21.4 Å². The Hall–Kier alpha value is -2.32. The Morgan fingerprint density at radius 2 is 1.74 bits per heavy atom. The number of aliphatic hydroxyl groups excluding tert-OH is 1. The topological polar surface area (TPSA) is 94.3 Å². The first-order chi connectivity index (χ1) is 18.4. The summed E-state index contributed by atoms with van der Waals surface area (Å²) < 4.78 is 17.6. The van der Waals surface area contributed by atoms with Gasteiger partial charge in [0, 0.05) is 38.0 Å². The van der Waals surface area contributed by atoms with Gasteiger partial charge in [0.2, 0.25) is 5.91 Å². The fourth-order valence-corrected chi connectivity index (χ4v) is 4.88. The first-order valence-electron chi connectivity index (χ1n) is 13.7. The minimum absolute atomic E-state index is 0.0519. The van der Waals surface area contributed by atoms with E-state index in [4.69, 9.17) is 31.7 Å². The fraction of sp³-hybridized carbons (Fsp3) is 0.581. The molecule has 0 saturated heterocycles. The second kappa shape index (κ2) is 15.5. The Morgan fingerprint density at radius 1 is 1.08 bits per heavy atom. The number of hydrogen-bond donors (Lipinski definition) is 2. The van der Waals surface area contributed by atoms with Crippen LogP contribution >= 0.6 is 11.8 Å². The second-order valence-electron chi connectivity index (χ2n) is 11.2. The van der Waals surface area contributed by atoms with Crippen LogP contribution in [0, 0.1) is 18.8 Å². The molecule has 0 aromatic heterocycles. The van der Waals surface area contributed by atoms with Gasteiger partial charge in [-0.3, -0.25) is 9.21 Å². The smallest absolute Gasteiger partial charge is 0.247 e. The van der Waals surface area contributed by atoms with Crippen molar-refractivity contribution < 1.29 is 24.1 Å². The van der Waals surface area contributed by atoms with Gasteiger partial charge < -0.3 is 25.1 Å². The predicted molar refractivity (Wildman–Crippen MR) is 157 cm³/mol. The minimum atomic E-state index is -0.961. The molecule has 8 heteroatoms. The number of rotatable bonds is 16. The Balaban J connectivity index is 2.03. The Morgan fingerprint density at radius 3 is 2.33 bits per heavy atom. The Kier molecular flexibility index (Phi) is 13.0. The molecule has 0 aliphatic heterocycles. The van der Waals surface area contributed by atoms with Crippen molar-refractivity contribution in [3.8, 4) is 11.5 Å². The molecule has 0 fully saturated rings. The highest BCUT2D eigenvalue weighted by molar-refractivity contribution is 6.22. The van der Waals surface area contributed by atoms with E-state index in [2.05, 4.69) is 13.8 Å². The summed E-state index contributed by atoms with van der Waals surface area (Å²) in [6.45, 7) is 11.1. The SMILES string of the molecule is COCCCOc1cc(C[C@@H](C[C@H](N)[C@@H](O)CN(Cl)C(=O)C(C)(C)c2ccc(C)cc2)C(C)C)ccc1OC. The summed E-state index contributed by atoms with van der Waals surface area (Å²) in [6.07, 6.45) is 1.17. The zero-order chi connectivity index (χ0) is 29.2. The van der Waals surface area contributed by atoms with Crippen molar-refractivity contribution in [2.75, 3.05) is 34.0 Å². The molecule has 0 unspecified atom stereocenters. The van der Waals surface area contributed by atoms with Crippen molar-refractivity contribution in [2.24, 2.45) is 17.6 Å². The summed E-state index contributed by atoms with van der Waals surface area (Å²) in [5.74, 6) is 1.63. The molecule has 39 heavy (non-hydrogen) atoms. The van der Waals surface area contributed by atoms with E-state index in [0.717, 1.165) is 34.0 Å². The number of methoxy groups -OCH3 is 2. The maximum atomic E-state index is 13.2. The number of nitrogens with two attached hydrogens (primary N) is 1. The van der Waals surface area contributed by atoms with Crippen molar-refractivity contribution in [3.05, 3.63) is 59.2 Å². The molecule has 0 radical (unpaired) electrons. The van der Waals surface area contributed by atoms with Gasteiger partial charge in [-0.15, -0.1) is 0 Å². The first-order valence-corrected chi connectivity index (χ1v) is 14.0. The number of carbonyl (C=O) groups excluding carboxylic acids is 1. The van der Waals surface area contributed by atoms with Crippen molar-refractivity contribution in [2.45, 2.75) is 71.4 Å². The summed E-state index contributed by atoms with van der Waals surface area (Å²) in [7, 11) is 3.30. The van der Waals surface area contributed by atoms with Crippen LogP contribution in [0.15, 0.2) is 42.5 Å². The van der Waals surface area contributed by atoms with Gasteiger partial charge in [0.15, 0.2) is 11.5 Å².